The summed E-state index contributed by atoms with van der Waals surface area (Å²) in [6.45, 7) is 8.83. The molecule has 3 aromatic rings. The van der Waals surface area contributed by atoms with Crippen LogP contribution in [0.3, 0.4) is 0 Å². The Hall–Kier alpha value is -2.72. The number of ether oxygens (including phenoxy) is 1. The molecule has 0 fully saturated rings. The average Bonchev–Trinajstić information content (AvgIpc) is 3.09. The van der Waals surface area contributed by atoms with E-state index in [1.165, 1.54) is 16.8 Å². The maximum Gasteiger partial charge on any atom is 0.434 e. The SMILES string of the molecule is Cc1[nH]c(=O)ccc1-c1ccc(-c2nc(C(F)(F)F)cn2COCC[Si](C)(C)C)cn1. The Morgan fingerprint density at radius 3 is 2.48 bits per heavy atom. The van der Waals surface area contributed by atoms with Crippen molar-refractivity contribution < 1.29 is 17.9 Å². The van der Waals surface area contributed by atoms with Gasteiger partial charge in [-0.25, -0.2) is 4.98 Å². The monoisotopic (exact) mass is 450 g/mol. The van der Waals surface area contributed by atoms with E-state index in [4.69, 9.17) is 4.74 Å². The lowest BCUT2D eigenvalue weighted by atomic mass is 10.1. The molecule has 31 heavy (non-hydrogen) atoms. The number of hydrogen-bond donors (Lipinski definition) is 1. The Morgan fingerprint density at radius 2 is 1.90 bits per heavy atom. The van der Waals surface area contributed by atoms with Crippen LogP contribution in [0.15, 0.2) is 41.5 Å². The second-order valence-electron chi connectivity index (χ2n) is 8.56. The van der Waals surface area contributed by atoms with Crippen LogP contribution in [0.4, 0.5) is 13.2 Å². The molecule has 10 heteroatoms. The standard InChI is InChI=1S/C21H25F3N4O2Si/c1-14-16(6-8-19(29)26-14)17-7-5-15(11-25-17)20-27-18(21(22,23)24)12-28(20)13-30-9-10-31(2,3)4/h5-8,11-12H,9-10,13H2,1-4H3,(H,26,29). The lowest BCUT2D eigenvalue weighted by molar-refractivity contribution is -0.141. The second-order valence-corrected chi connectivity index (χ2v) is 14.2. The summed E-state index contributed by atoms with van der Waals surface area (Å²) in [6.07, 6.45) is -2.12. The Bertz CT molecular complexity index is 1100. The molecule has 0 aliphatic carbocycles. The van der Waals surface area contributed by atoms with E-state index in [0.29, 0.717) is 23.6 Å². The van der Waals surface area contributed by atoms with Crippen molar-refractivity contribution in [3.8, 4) is 22.6 Å². The molecule has 0 bridgehead atoms. The zero-order valence-corrected chi connectivity index (χ0v) is 18.9. The molecule has 166 valence electrons. The van der Waals surface area contributed by atoms with Crippen molar-refractivity contribution in [2.75, 3.05) is 6.61 Å². The topological polar surface area (TPSA) is 72.8 Å². The van der Waals surface area contributed by atoms with Crippen LogP contribution in [-0.4, -0.2) is 34.2 Å². The number of H-pyrrole nitrogens is 1. The minimum Gasteiger partial charge on any atom is -0.361 e. The Balaban J connectivity index is 1.87. The van der Waals surface area contributed by atoms with Crippen LogP contribution < -0.4 is 5.56 Å². The lowest BCUT2D eigenvalue weighted by Crippen LogP contribution is -2.22. The molecule has 0 saturated heterocycles. The third kappa shape index (κ3) is 5.92. The second kappa shape index (κ2) is 8.79. The first kappa shape index (κ1) is 23.0. The van der Waals surface area contributed by atoms with Crippen molar-refractivity contribution in [2.24, 2.45) is 0 Å². The molecule has 0 atom stereocenters. The number of halogens is 3. The molecule has 3 heterocycles. The number of nitrogens with one attached hydrogen (secondary N) is 1. The molecule has 3 aromatic heterocycles. The number of nitrogens with zero attached hydrogens (tertiary/aromatic N) is 3. The van der Waals surface area contributed by atoms with E-state index in [-0.39, 0.29) is 18.1 Å². The molecule has 0 amide bonds. The number of aromatic amines is 1. The number of imidazole rings is 1. The van der Waals surface area contributed by atoms with Crippen LogP contribution in [0, 0.1) is 6.92 Å². The van der Waals surface area contributed by atoms with E-state index in [0.717, 1.165) is 17.8 Å². The fourth-order valence-electron chi connectivity index (χ4n) is 2.96. The van der Waals surface area contributed by atoms with Gasteiger partial charge in [-0.2, -0.15) is 13.2 Å². The van der Waals surface area contributed by atoms with Crippen LogP contribution in [0.2, 0.25) is 25.7 Å². The number of alkyl halides is 3. The van der Waals surface area contributed by atoms with Crippen molar-refractivity contribution in [3.05, 3.63) is 58.4 Å². The molecule has 0 saturated carbocycles. The van der Waals surface area contributed by atoms with Gasteiger partial charge in [0.25, 0.3) is 0 Å². The Labute approximate surface area is 179 Å². The summed E-state index contributed by atoms with van der Waals surface area (Å²) in [5, 5.41) is 0. The molecule has 0 aromatic carbocycles. The lowest BCUT2D eigenvalue weighted by Gasteiger charge is -2.16. The molecule has 6 nitrogen and oxygen atoms in total. The molecule has 0 aliphatic heterocycles. The zero-order valence-electron chi connectivity index (χ0n) is 17.9. The van der Waals surface area contributed by atoms with Gasteiger partial charge in [0.05, 0.1) is 5.69 Å². The highest BCUT2D eigenvalue weighted by Gasteiger charge is 2.35. The fourth-order valence-corrected chi connectivity index (χ4v) is 3.72. The van der Waals surface area contributed by atoms with Gasteiger partial charge in [-0.05, 0) is 31.2 Å². The molecular weight excluding hydrogens is 425 g/mol. The summed E-state index contributed by atoms with van der Waals surface area (Å²) >= 11 is 0. The summed E-state index contributed by atoms with van der Waals surface area (Å²) in [7, 11) is -1.31. The molecule has 0 unspecified atom stereocenters. The van der Waals surface area contributed by atoms with Gasteiger partial charge in [0.1, 0.15) is 12.6 Å². The maximum atomic E-state index is 13.2. The number of aryl methyl sites for hydroxylation is 1. The van der Waals surface area contributed by atoms with Gasteiger partial charge in [0.2, 0.25) is 5.56 Å². The summed E-state index contributed by atoms with van der Waals surface area (Å²) < 4.78 is 46.7. The number of hydrogen-bond acceptors (Lipinski definition) is 4. The smallest absolute Gasteiger partial charge is 0.361 e. The fraction of sp³-hybridized carbons (Fsp3) is 0.381. The predicted molar refractivity (Wildman–Crippen MR) is 115 cm³/mol. The van der Waals surface area contributed by atoms with Crippen molar-refractivity contribution in [1.82, 2.24) is 19.5 Å². The molecule has 0 spiro atoms. The van der Waals surface area contributed by atoms with Gasteiger partial charge < -0.3 is 14.3 Å². The summed E-state index contributed by atoms with van der Waals surface area (Å²) in [6, 6.07) is 7.32. The third-order valence-corrected chi connectivity index (χ3v) is 6.41. The van der Waals surface area contributed by atoms with Crippen LogP contribution in [-0.2, 0) is 17.6 Å². The number of aromatic nitrogens is 4. The van der Waals surface area contributed by atoms with Gasteiger partial charge in [-0.15, -0.1) is 0 Å². The van der Waals surface area contributed by atoms with Gasteiger partial charge in [-0.3, -0.25) is 9.78 Å². The van der Waals surface area contributed by atoms with Gasteiger partial charge in [0.15, 0.2) is 5.69 Å². The first-order valence-electron chi connectivity index (χ1n) is 9.83. The van der Waals surface area contributed by atoms with Crippen molar-refractivity contribution in [1.29, 1.82) is 0 Å². The normalized spacial score (nSPS) is 12.4. The largest absolute Gasteiger partial charge is 0.434 e. The third-order valence-electron chi connectivity index (χ3n) is 4.71. The predicted octanol–water partition coefficient (Wildman–Crippen LogP) is 4.94. The van der Waals surface area contributed by atoms with E-state index >= 15 is 0 Å². The summed E-state index contributed by atoms with van der Waals surface area (Å²) in [5.74, 6) is 0.137. The van der Waals surface area contributed by atoms with Crippen LogP contribution in [0.1, 0.15) is 11.4 Å². The molecule has 3 rings (SSSR count). The van der Waals surface area contributed by atoms with Crippen molar-refractivity contribution in [2.45, 2.75) is 45.5 Å². The van der Waals surface area contributed by atoms with Gasteiger partial charge in [0, 0.05) is 50.0 Å². The molecule has 1 N–H and O–H groups in total. The highest BCUT2D eigenvalue weighted by atomic mass is 28.3. The number of rotatable bonds is 7. The minimum absolute atomic E-state index is 0.0241. The van der Waals surface area contributed by atoms with Crippen LogP contribution in [0.5, 0.6) is 0 Å². The summed E-state index contributed by atoms with van der Waals surface area (Å²) in [5.41, 5.74) is 1.24. The highest BCUT2D eigenvalue weighted by Crippen LogP contribution is 2.31. The average molecular weight is 451 g/mol. The highest BCUT2D eigenvalue weighted by molar-refractivity contribution is 6.76. The minimum atomic E-state index is -4.56. The summed E-state index contributed by atoms with van der Waals surface area (Å²) in [4.78, 5) is 22.3. The first-order valence-corrected chi connectivity index (χ1v) is 13.5. The van der Waals surface area contributed by atoms with Crippen LogP contribution >= 0.6 is 0 Å². The first-order chi connectivity index (χ1) is 14.4. The maximum absolute atomic E-state index is 13.2. The van der Waals surface area contributed by atoms with Crippen molar-refractivity contribution >= 4 is 8.07 Å². The zero-order chi connectivity index (χ0) is 22.8. The van der Waals surface area contributed by atoms with Crippen LogP contribution in [0.25, 0.3) is 22.6 Å². The van der Waals surface area contributed by atoms with E-state index in [9.17, 15) is 18.0 Å². The van der Waals surface area contributed by atoms with E-state index in [2.05, 4.69) is 34.6 Å². The van der Waals surface area contributed by atoms with E-state index in [1.807, 2.05) is 0 Å². The number of pyridine rings is 2. The molecule has 0 radical (unpaired) electrons. The van der Waals surface area contributed by atoms with Crippen molar-refractivity contribution in [3.63, 3.8) is 0 Å². The van der Waals surface area contributed by atoms with E-state index < -0.39 is 19.9 Å². The van der Waals surface area contributed by atoms with E-state index in [1.54, 1.807) is 25.1 Å². The molecular formula is C21H25F3N4O2Si. The van der Waals surface area contributed by atoms with Gasteiger partial charge in [-0.1, -0.05) is 19.6 Å². The molecule has 0 aliphatic rings. The Kier molecular flexibility index (Phi) is 6.51. The quantitative estimate of drug-likeness (QED) is 0.409. The van der Waals surface area contributed by atoms with Gasteiger partial charge >= 0.3 is 6.18 Å². The Morgan fingerprint density at radius 1 is 1.16 bits per heavy atom.